The molecule has 0 bridgehead atoms. The molecule has 1 aliphatic rings. The van der Waals surface area contributed by atoms with Crippen LogP contribution >= 0.6 is 24.0 Å². The van der Waals surface area contributed by atoms with E-state index in [9.17, 15) is 5.11 Å². The molecule has 1 saturated carbocycles. The third-order valence-electron chi connectivity index (χ3n) is 5.19. The fourth-order valence-corrected chi connectivity index (χ4v) is 3.36. The van der Waals surface area contributed by atoms with Crippen molar-refractivity contribution in [2.45, 2.75) is 52.2 Å². The second-order valence-corrected chi connectivity index (χ2v) is 7.14. The number of hydrogen-bond acceptors (Lipinski definition) is 4. The lowest BCUT2D eigenvalue weighted by Gasteiger charge is -2.38. The number of ether oxygens (including phenoxy) is 2. The van der Waals surface area contributed by atoms with E-state index in [4.69, 9.17) is 9.47 Å². The molecule has 2 unspecified atom stereocenters. The van der Waals surface area contributed by atoms with Gasteiger partial charge in [-0.25, -0.2) is 4.99 Å². The molecule has 0 radical (unpaired) electrons. The number of methoxy groups -OCH3 is 2. The van der Waals surface area contributed by atoms with Gasteiger partial charge in [0.15, 0.2) is 5.96 Å². The molecule has 0 aliphatic heterocycles. The van der Waals surface area contributed by atoms with Gasteiger partial charge in [0.25, 0.3) is 0 Å². The summed E-state index contributed by atoms with van der Waals surface area (Å²) in [6.07, 6.45) is 3.95. The highest BCUT2D eigenvalue weighted by Crippen LogP contribution is 2.35. The first kappa shape index (κ1) is 23.8. The number of aliphatic hydroxyl groups excluding tert-OH is 1. The summed E-state index contributed by atoms with van der Waals surface area (Å²) in [4.78, 5) is 4.68. The van der Waals surface area contributed by atoms with Gasteiger partial charge < -0.3 is 25.2 Å². The first-order chi connectivity index (χ1) is 12.5. The summed E-state index contributed by atoms with van der Waals surface area (Å²) < 4.78 is 10.7. The van der Waals surface area contributed by atoms with E-state index in [-0.39, 0.29) is 35.5 Å². The summed E-state index contributed by atoms with van der Waals surface area (Å²) in [6, 6.07) is 5.74. The lowest BCUT2D eigenvalue weighted by Crippen LogP contribution is -2.48. The second-order valence-electron chi connectivity index (χ2n) is 7.14. The number of rotatable bonds is 7. The normalized spacial score (nSPS) is 22.6. The van der Waals surface area contributed by atoms with E-state index >= 15 is 0 Å². The van der Waals surface area contributed by atoms with Crippen LogP contribution in [0.5, 0.6) is 11.5 Å². The van der Waals surface area contributed by atoms with Crippen molar-refractivity contribution in [3.05, 3.63) is 23.8 Å². The molecule has 2 atom stereocenters. The van der Waals surface area contributed by atoms with Gasteiger partial charge in [0.2, 0.25) is 0 Å². The average molecular weight is 491 g/mol. The maximum absolute atomic E-state index is 10.4. The maximum atomic E-state index is 10.4. The van der Waals surface area contributed by atoms with Gasteiger partial charge in [0.1, 0.15) is 11.5 Å². The largest absolute Gasteiger partial charge is 0.497 e. The molecule has 3 N–H and O–H groups in total. The standard InChI is InChI=1S/C20H33N3O3.HI/c1-5-21-19(23-14-20(2)11-7-6-8-18(20)24)22-13-15-9-10-16(25-3)12-17(15)26-4;/h9-10,12,18,24H,5-8,11,13-14H2,1-4H3,(H2,21,22,23);1H. The van der Waals surface area contributed by atoms with Crippen LogP contribution in [0, 0.1) is 5.41 Å². The third kappa shape index (κ3) is 6.71. The fourth-order valence-electron chi connectivity index (χ4n) is 3.36. The Bertz CT molecular complexity index is 612. The van der Waals surface area contributed by atoms with Crippen molar-refractivity contribution in [3.63, 3.8) is 0 Å². The summed E-state index contributed by atoms with van der Waals surface area (Å²) in [6.45, 7) is 6.19. The van der Waals surface area contributed by atoms with Crippen LogP contribution in [0.1, 0.15) is 45.1 Å². The Morgan fingerprint density at radius 1 is 1.26 bits per heavy atom. The minimum absolute atomic E-state index is 0. The molecule has 2 rings (SSSR count). The summed E-state index contributed by atoms with van der Waals surface area (Å²) in [5.74, 6) is 2.28. The summed E-state index contributed by atoms with van der Waals surface area (Å²) in [5.41, 5.74) is 0.890. The molecule has 1 aromatic rings. The molecular formula is C20H34IN3O3. The van der Waals surface area contributed by atoms with Crippen LogP contribution in [0.2, 0.25) is 0 Å². The Morgan fingerprint density at radius 3 is 2.67 bits per heavy atom. The van der Waals surface area contributed by atoms with Crippen molar-refractivity contribution < 1.29 is 14.6 Å². The van der Waals surface area contributed by atoms with Gasteiger partial charge >= 0.3 is 0 Å². The number of aliphatic imine (C=N–C) groups is 1. The van der Waals surface area contributed by atoms with E-state index in [2.05, 4.69) is 22.5 Å². The minimum atomic E-state index is -0.256. The molecular weight excluding hydrogens is 457 g/mol. The monoisotopic (exact) mass is 491 g/mol. The maximum Gasteiger partial charge on any atom is 0.191 e. The van der Waals surface area contributed by atoms with Gasteiger partial charge in [0.05, 0.1) is 26.9 Å². The van der Waals surface area contributed by atoms with Gasteiger partial charge in [0, 0.05) is 30.1 Å². The molecule has 0 spiro atoms. The van der Waals surface area contributed by atoms with Gasteiger partial charge in [-0.1, -0.05) is 19.8 Å². The highest BCUT2D eigenvalue weighted by molar-refractivity contribution is 14.0. The zero-order valence-electron chi connectivity index (χ0n) is 16.9. The smallest absolute Gasteiger partial charge is 0.191 e. The van der Waals surface area contributed by atoms with Crippen molar-refractivity contribution in [3.8, 4) is 11.5 Å². The Hall–Kier alpha value is -1.22. The second kappa shape index (κ2) is 11.6. The van der Waals surface area contributed by atoms with Gasteiger partial charge in [-0.3, -0.25) is 0 Å². The molecule has 1 aromatic carbocycles. The van der Waals surface area contributed by atoms with Gasteiger partial charge in [-0.2, -0.15) is 0 Å². The first-order valence-corrected chi connectivity index (χ1v) is 9.43. The van der Waals surface area contributed by atoms with Crippen molar-refractivity contribution >= 4 is 29.9 Å². The van der Waals surface area contributed by atoms with Gasteiger partial charge in [-0.05, 0) is 31.9 Å². The minimum Gasteiger partial charge on any atom is -0.497 e. The average Bonchev–Trinajstić information content (AvgIpc) is 2.66. The molecule has 0 saturated heterocycles. The molecule has 0 heterocycles. The summed E-state index contributed by atoms with van der Waals surface area (Å²) >= 11 is 0. The zero-order chi connectivity index (χ0) is 19.0. The van der Waals surface area contributed by atoms with Crippen molar-refractivity contribution in [2.75, 3.05) is 27.3 Å². The molecule has 27 heavy (non-hydrogen) atoms. The molecule has 7 heteroatoms. The number of hydrogen-bond donors (Lipinski definition) is 3. The van der Waals surface area contributed by atoms with Crippen LogP contribution in [-0.2, 0) is 6.54 Å². The lowest BCUT2D eigenvalue weighted by molar-refractivity contribution is 0.00397. The molecule has 1 aliphatic carbocycles. The Kier molecular flexibility index (Phi) is 10.2. The fraction of sp³-hybridized carbons (Fsp3) is 0.650. The third-order valence-corrected chi connectivity index (χ3v) is 5.19. The van der Waals surface area contributed by atoms with E-state index < -0.39 is 0 Å². The van der Waals surface area contributed by atoms with E-state index in [0.29, 0.717) is 13.1 Å². The van der Waals surface area contributed by atoms with Crippen molar-refractivity contribution in [1.29, 1.82) is 0 Å². The van der Waals surface area contributed by atoms with Crippen LogP contribution in [0.3, 0.4) is 0 Å². The van der Waals surface area contributed by atoms with E-state index in [1.807, 2.05) is 25.1 Å². The number of benzene rings is 1. The van der Waals surface area contributed by atoms with Crippen LogP contribution in [0.15, 0.2) is 23.2 Å². The molecule has 6 nitrogen and oxygen atoms in total. The van der Waals surface area contributed by atoms with Crippen molar-refractivity contribution in [1.82, 2.24) is 10.6 Å². The number of nitrogens with zero attached hydrogens (tertiary/aromatic N) is 1. The number of nitrogens with one attached hydrogen (secondary N) is 2. The van der Waals surface area contributed by atoms with E-state index in [1.165, 1.54) is 6.42 Å². The number of aliphatic hydroxyl groups is 1. The molecule has 154 valence electrons. The predicted molar refractivity (Wildman–Crippen MR) is 120 cm³/mol. The quantitative estimate of drug-likeness (QED) is 0.310. The summed E-state index contributed by atoms with van der Waals surface area (Å²) in [5, 5.41) is 17.0. The van der Waals surface area contributed by atoms with Crippen LogP contribution in [-0.4, -0.2) is 44.5 Å². The Balaban J connectivity index is 0.00000364. The SMILES string of the molecule is CCNC(=NCc1ccc(OC)cc1OC)NCC1(C)CCCCC1O.I. The molecule has 0 amide bonds. The van der Waals surface area contributed by atoms with E-state index in [1.54, 1.807) is 14.2 Å². The van der Waals surface area contributed by atoms with Gasteiger partial charge in [-0.15, -0.1) is 24.0 Å². The lowest BCUT2D eigenvalue weighted by atomic mass is 9.73. The van der Waals surface area contributed by atoms with E-state index in [0.717, 1.165) is 48.8 Å². The topological polar surface area (TPSA) is 75.1 Å². The molecule has 0 aromatic heterocycles. The highest BCUT2D eigenvalue weighted by atomic mass is 127. The first-order valence-electron chi connectivity index (χ1n) is 9.43. The Morgan fingerprint density at radius 2 is 2.04 bits per heavy atom. The zero-order valence-corrected chi connectivity index (χ0v) is 19.2. The number of halogens is 1. The number of guanidine groups is 1. The van der Waals surface area contributed by atoms with Crippen LogP contribution in [0.25, 0.3) is 0 Å². The highest BCUT2D eigenvalue weighted by Gasteiger charge is 2.35. The van der Waals surface area contributed by atoms with Crippen LogP contribution in [0.4, 0.5) is 0 Å². The summed E-state index contributed by atoms with van der Waals surface area (Å²) in [7, 11) is 3.29. The van der Waals surface area contributed by atoms with Crippen molar-refractivity contribution in [2.24, 2.45) is 10.4 Å². The predicted octanol–water partition coefficient (Wildman–Crippen LogP) is 3.32. The Labute approximate surface area is 180 Å². The van der Waals surface area contributed by atoms with Crippen LogP contribution < -0.4 is 20.1 Å². The molecule has 1 fully saturated rings.